The Labute approximate surface area is 219 Å². The SMILES string of the molecule is CCOc1cc(/C=c2\sc3nc4ccccc4n3c2=O)ccc1OCCOc1ccc([C@H](C)CC)cc1. The molecule has 190 valence electrons. The van der Waals surface area contributed by atoms with E-state index in [1.165, 1.54) is 16.9 Å². The number of fused-ring (bicyclic) bond motifs is 3. The third-order valence-electron chi connectivity index (χ3n) is 6.38. The molecule has 0 spiro atoms. The van der Waals surface area contributed by atoms with Crippen molar-refractivity contribution in [3.63, 3.8) is 0 Å². The largest absolute Gasteiger partial charge is 0.490 e. The van der Waals surface area contributed by atoms with E-state index < -0.39 is 0 Å². The Morgan fingerprint density at radius 3 is 2.51 bits per heavy atom. The Bertz CT molecular complexity index is 1620. The van der Waals surface area contributed by atoms with Gasteiger partial charge in [0.1, 0.15) is 19.0 Å². The fourth-order valence-electron chi connectivity index (χ4n) is 4.20. The van der Waals surface area contributed by atoms with Crippen molar-refractivity contribution in [2.24, 2.45) is 0 Å². The summed E-state index contributed by atoms with van der Waals surface area (Å²) in [6, 6.07) is 21.6. The second-order valence-corrected chi connectivity index (χ2v) is 9.86. The number of imidazole rings is 1. The van der Waals surface area contributed by atoms with Gasteiger partial charge in [-0.2, -0.15) is 0 Å². The standard InChI is InChI=1S/C30H30N2O4S/c1-4-20(3)22-11-13-23(14-12-22)35-16-17-36-26-15-10-21(18-27(26)34-5-2)19-28-29(33)32-25-9-7-6-8-24(25)31-30(32)37-28/h6-15,18-20H,4-5,16-17H2,1-3H3/b28-19-/t20-/m1/s1. The Balaban J connectivity index is 1.29. The summed E-state index contributed by atoms with van der Waals surface area (Å²) in [5, 5.41) is 0. The van der Waals surface area contributed by atoms with Gasteiger partial charge in [-0.3, -0.25) is 4.79 Å². The topological polar surface area (TPSA) is 62.1 Å². The summed E-state index contributed by atoms with van der Waals surface area (Å²) >= 11 is 1.38. The lowest BCUT2D eigenvalue weighted by Crippen LogP contribution is -2.22. The molecule has 37 heavy (non-hydrogen) atoms. The first kappa shape index (κ1) is 24.8. The third kappa shape index (κ3) is 5.32. The van der Waals surface area contributed by atoms with Gasteiger partial charge in [-0.15, -0.1) is 0 Å². The van der Waals surface area contributed by atoms with E-state index in [9.17, 15) is 4.79 Å². The van der Waals surface area contributed by atoms with E-state index in [0.717, 1.165) is 28.8 Å². The molecule has 0 amide bonds. The molecule has 6 nitrogen and oxygen atoms in total. The van der Waals surface area contributed by atoms with Crippen LogP contribution in [-0.4, -0.2) is 29.2 Å². The molecular weight excluding hydrogens is 484 g/mol. The normalized spacial score (nSPS) is 12.8. The molecule has 0 saturated heterocycles. The number of aromatic nitrogens is 2. The molecule has 0 bridgehead atoms. The fraction of sp³-hybridized carbons (Fsp3) is 0.267. The predicted molar refractivity (Wildman–Crippen MR) is 149 cm³/mol. The zero-order chi connectivity index (χ0) is 25.8. The van der Waals surface area contributed by atoms with E-state index in [1.807, 2.05) is 67.6 Å². The molecule has 0 aliphatic rings. The van der Waals surface area contributed by atoms with Crippen LogP contribution in [-0.2, 0) is 0 Å². The molecule has 0 aliphatic carbocycles. The van der Waals surface area contributed by atoms with Gasteiger partial charge in [0.25, 0.3) is 5.56 Å². The van der Waals surface area contributed by atoms with Gasteiger partial charge in [-0.25, -0.2) is 9.38 Å². The predicted octanol–water partition coefficient (Wildman–Crippen LogP) is 5.83. The first-order valence-corrected chi connectivity index (χ1v) is 13.4. The molecular formula is C30H30N2O4S. The summed E-state index contributed by atoms with van der Waals surface area (Å²) in [5.41, 5.74) is 3.76. The maximum Gasteiger partial charge on any atom is 0.274 e. The van der Waals surface area contributed by atoms with E-state index in [0.29, 0.717) is 46.7 Å². The van der Waals surface area contributed by atoms with Gasteiger partial charge in [-0.1, -0.05) is 55.5 Å². The summed E-state index contributed by atoms with van der Waals surface area (Å²) in [7, 11) is 0. The molecule has 0 N–H and O–H groups in total. The van der Waals surface area contributed by atoms with Crippen LogP contribution in [0.2, 0.25) is 0 Å². The second-order valence-electron chi connectivity index (χ2n) is 8.85. The maximum atomic E-state index is 13.1. The van der Waals surface area contributed by atoms with E-state index in [1.54, 1.807) is 4.40 Å². The molecule has 7 heteroatoms. The number of thiazole rings is 1. The summed E-state index contributed by atoms with van der Waals surface area (Å²) < 4.78 is 19.9. The average Bonchev–Trinajstić information content (AvgIpc) is 3.43. The van der Waals surface area contributed by atoms with Gasteiger partial charge in [0.15, 0.2) is 16.5 Å². The average molecular weight is 515 g/mol. The van der Waals surface area contributed by atoms with Crippen molar-refractivity contribution in [1.82, 2.24) is 9.38 Å². The molecule has 0 fully saturated rings. The quantitative estimate of drug-likeness (QED) is 0.220. The molecule has 0 saturated carbocycles. The molecule has 0 radical (unpaired) electrons. The smallest absolute Gasteiger partial charge is 0.274 e. The van der Waals surface area contributed by atoms with Crippen molar-refractivity contribution in [2.75, 3.05) is 19.8 Å². The highest BCUT2D eigenvalue weighted by molar-refractivity contribution is 7.15. The number of ether oxygens (including phenoxy) is 3. The molecule has 0 aliphatic heterocycles. The zero-order valence-electron chi connectivity index (χ0n) is 21.3. The first-order chi connectivity index (χ1) is 18.1. The second kappa shape index (κ2) is 11.0. The van der Waals surface area contributed by atoms with Crippen LogP contribution in [0.4, 0.5) is 0 Å². The number of benzene rings is 3. The molecule has 5 rings (SSSR count). The Hall–Kier alpha value is -3.84. The Morgan fingerprint density at radius 1 is 0.946 bits per heavy atom. The fourth-order valence-corrected chi connectivity index (χ4v) is 5.19. The zero-order valence-corrected chi connectivity index (χ0v) is 22.1. The van der Waals surface area contributed by atoms with Crippen molar-refractivity contribution >= 4 is 33.4 Å². The highest BCUT2D eigenvalue weighted by Crippen LogP contribution is 2.29. The molecule has 3 aromatic carbocycles. The number of para-hydroxylation sites is 2. The van der Waals surface area contributed by atoms with Crippen molar-refractivity contribution < 1.29 is 14.2 Å². The van der Waals surface area contributed by atoms with E-state index in [-0.39, 0.29) is 5.56 Å². The summed E-state index contributed by atoms with van der Waals surface area (Å²) in [4.78, 5) is 18.4. The van der Waals surface area contributed by atoms with E-state index >= 15 is 0 Å². The lowest BCUT2D eigenvalue weighted by molar-refractivity contribution is 0.208. The van der Waals surface area contributed by atoms with Gasteiger partial charge < -0.3 is 14.2 Å². The monoisotopic (exact) mass is 514 g/mol. The summed E-state index contributed by atoms with van der Waals surface area (Å²) in [5.74, 6) is 2.65. The third-order valence-corrected chi connectivity index (χ3v) is 7.35. The number of hydrogen-bond acceptors (Lipinski definition) is 6. The van der Waals surface area contributed by atoms with Crippen LogP contribution in [0.3, 0.4) is 0 Å². The minimum Gasteiger partial charge on any atom is -0.490 e. The first-order valence-electron chi connectivity index (χ1n) is 12.6. The van der Waals surface area contributed by atoms with Crippen LogP contribution in [0.1, 0.15) is 44.2 Å². The highest BCUT2D eigenvalue weighted by atomic mass is 32.1. The lowest BCUT2D eigenvalue weighted by Gasteiger charge is -2.14. The van der Waals surface area contributed by atoms with Crippen molar-refractivity contribution in [2.45, 2.75) is 33.1 Å². The van der Waals surface area contributed by atoms with Crippen LogP contribution in [0.25, 0.3) is 22.1 Å². The van der Waals surface area contributed by atoms with Gasteiger partial charge in [0.2, 0.25) is 0 Å². The molecule has 5 aromatic rings. The van der Waals surface area contributed by atoms with Crippen molar-refractivity contribution in [3.8, 4) is 17.2 Å². The van der Waals surface area contributed by atoms with Gasteiger partial charge >= 0.3 is 0 Å². The maximum absolute atomic E-state index is 13.1. The molecule has 1 atom stereocenters. The number of hydrogen-bond donors (Lipinski definition) is 0. The van der Waals surface area contributed by atoms with Crippen LogP contribution < -0.4 is 24.3 Å². The van der Waals surface area contributed by atoms with Gasteiger partial charge in [-0.05, 0) is 72.9 Å². The van der Waals surface area contributed by atoms with E-state index in [4.69, 9.17) is 14.2 Å². The van der Waals surface area contributed by atoms with Crippen LogP contribution in [0, 0.1) is 0 Å². The number of rotatable bonds is 10. The van der Waals surface area contributed by atoms with Gasteiger partial charge in [0, 0.05) is 0 Å². The molecule has 2 aromatic heterocycles. The minimum atomic E-state index is -0.0682. The Morgan fingerprint density at radius 2 is 1.73 bits per heavy atom. The lowest BCUT2D eigenvalue weighted by atomic mass is 9.99. The number of nitrogens with zero attached hydrogens (tertiary/aromatic N) is 2. The highest BCUT2D eigenvalue weighted by Gasteiger charge is 2.12. The van der Waals surface area contributed by atoms with E-state index in [2.05, 4.69) is 31.0 Å². The Kier molecular flexibility index (Phi) is 7.42. The van der Waals surface area contributed by atoms with Crippen LogP contribution in [0.15, 0.2) is 71.5 Å². The van der Waals surface area contributed by atoms with Crippen LogP contribution in [0.5, 0.6) is 17.2 Å². The van der Waals surface area contributed by atoms with Crippen molar-refractivity contribution in [1.29, 1.82) is 0 Å². The summed E-state index contributed by atoms with van der Waals surface area (Å²) in [6.07, 6.45) is 2.98. The van der Waals surface area contributed by atoms with Crippen LogP contribution >= 0.6 is 11.3 Å². The molecule has 2 heterocycles. The molecule has 0 unspecified atom stereocenters. The summed E-state index contributed by atoms with van der Waals surface area (Å²) in [6.45, 7) is 7.66. The van der Waals surface area contributed by atoms with Gasteiger partial charge in [0.05, 0.1) is 22.2 Å². The van der Waals surface area contributed by atoms with Crippen molar-refractivity contribution in [3.05, 3.63) is 92.7 Å². The minimum absolute atomic E-state index is 0.0682.